The van der Waals surface area contributed by atoms with Crippen LogP contribution in [0.4, 0.5) is 0 Å². The summed E-state index contributed by atoms with van der Waals surface area (Å²) >= 11 is 0. The highest BCUT2D eigenvalue weighted by Crippen LogP contribution is 2.24. The van der Waals surface area contributed by atoms with Crippen molar-refractivity contribution in [2.45, 2.75) is 19.4 Å². The maximum absolute atomic E-state index is 10.9. The van der Waals surface area contributed by atoms with Gasteiger partial charge >= 0.3 is 5.97 Å². The number of rotatable bonds is 4. The van der Waals surface area contributed by atoms with Gasteiger partial charge in [0.25, 0.3) is 0 Å². The highest BCUT2D eigenvalue weighted by Gasteiger charge is 2.09. The Bertz CT molecular complexity index is 373. The first-order valence-corrected chi connectivity index (χ1v) is 4.86. The second kappa shape index (κ2) is 5.37. The fourth-order valence-electron chi connectivity index (χ4n) is 1.11. The van der Waals surface area contributed by atoms with Gasteiger partial charge in [-0.3, -0.25) is 0 Å². The predicted octanol–water partition coefficient (Wildman–Crippen LogP) is 0.564. The second-order valence-corrected chi connectivity index (χ2v) is 3.42. The molecule has 5 nitrogen and oxygen atoms in total. The molecule has 1 atom stereocenters. The van der Waals surface area contributed by atoms with E-state index in [1.807, 2.05) is 0 Å². The maximum atomic E-state index is 10.9. The third-order valence-corrected chi connectivity index (χ3v) is 2.02. The Morgan fingerprint density at radius 2 is 2.06 bits per heavy atom. The number of aliphatic hydroxyl groups is 1. The molecule has 0 heterocycles. The number of benzene rings is 1. The molecule has 5 heteroatoms. The molecule has 1 aromatic carbocycles. The summed E-state index contributed by atoms with van der Waals surface area (Å²) in [5.74, 6) is -1.08. The van der Waals surface area contributed by atoms with Gasteiger partial charge in [0.15, 0.2) is 11.5 Å². The summed E-state index contributed by atoms with van der Waals surface area (Å²) in [5.41, 5.74) is 0.730. The third kappa shape index (κ3) is 3.43. The van der Waals surface area contributed by atoms with Gasteiger partial charge in [0.2, 0.25) is 0 Å². The molecule has 0 amide bonds. The van der Waals surface area contributed by atoms with E-state index in [1.54, 1.807) is 6.07 Å². The summed E-state index contributed by atoms with van der Waals surface area (Å²) in [6.07, 6.45) is -0.722. The Morgan fingerprint density at radius 1 is 1.38 bits per heavy atom. The molecular formula is C11H14O5. The lowest BCUT2D eigenvalue weighted by Crippen LogP contribution is -2.20. The van der Waals surface area contributed by atoms with Crippen molar-refractivity contribution in [3.05, 3.63) is 23.8 Å². The maximum Gasteiger partial charge on any atom is 0.334 e. The van der Waals surface area contributed by atoms with Crippen LogP contribution in [0.2, 0.25) is 0 Å². The SMILES string of the molecule is C[C@H](O)C(=O)OCCc1ccc(O)c(O)c1. The molecule has 1 aromatic rings. The monoisotopic (exact) mass is 226 g/mol. The average Bonchev–Trinajstić information content (AvgIpc) is 2.23. The van der Waals surface area contributed by atoms with Crippen molar-refractivity contribution in [1.29, 1.82) is 0 Å². The molecule has 16 heavy (non-hydrogen) atoms. The van der Waals surface area contributed by atoms with Crippen LogP contribution >= 0.6 is 0 Å². The van der Waals surface area contributed by atoms with Gasteiger partial charge in [-0.2, -0.15) is 0 Å². The van der Waals surface area contributed by atoms with Crippen molar-refractivity contribution in [3.8, 4) is 11.5 Å². The number of hydrogen-bond acceptors (Lipinski definition) is 5. The molecule has 3 N–H and O–H groups in total. The van der Waals surface area contributed by atoms with Crippen molar-refractivity contribution in [1.82, 2.24) is 0 Å². The van der Waals surface area contributed by atoms with Gasteiger partial charge in [0, 0.05) is 6.42 Å². The van der Waals surface area contributed by atoms with Crippen LogP contribution in [-0.2, 0) is 16.0 Å². The average molecular weight is 226 g/mol. The second-order valence-electron chi connectivity index (χ2n) is 3.42. The number of carbonyl (C=O) groups excluding carboxylic acids is 1. The number of esters is 1. The van der Waals surface area contributed by atoms with Crippen molar-refractivity contribution in [3.63, 3.8) is 0 Å². The summed E-state index contributed by atoms with van der Waals surface area (Å²) in [7, 11) is 0. The first kappa shape index (κ1) is 12.3. The van der Waals surface area contributed by atoms with E-state index in [9.17, 15) is 9.90 Å². The molecule has 0 saturated heterocycles. The smallest absolute Gasteiger partial charge is 0.334 e. The van der Waals surface area contributed by atoms with Crippen LogP contribution in [0, 0.1) is 0 Å². The largest absolute Gasteiger partial charge is 0.504 e. The van der Waals surface area contributed by atoms with Gasteiger partial charge in [-0.05, 0) is 24.6 Å². The van der Waals surface area contributed by atoms with Crippen molar-refractivity contribution >= 4 is 5.97 Å². The molecule has 0 bridgehead atoms. The zero-order chi connectivity index (χ0) is 12.1. The van der Waals surface area contributed by atoms with Gasteiger partial charge in [0.1, 0.15) is 6.10 Å². The van der Waals surface area contributed by atoms with Crippen molar-refractivity contribution in [2.24, 2.45) is 0 Å². The Hall–Kier alpha value is -1.75. The molecule has 0 saturated carbocycles. The van der Waals surface area contributed by atoms with Crippen LogP contribution in [0.25, 0.3) is 0 Å². The summed E-state index contributed by atoms with van der Waals surface area (Å²) in [6.45, 7) is 1.45. The fourth-order valence-corrected chi connectivity index (χ4v) is 1.11. The molecule has 0 radical (unpaired) electrons. The molecular weight excluding hydrogens is 212 g/mol. The fraction of sp³-hybridized carbons (Fsp3) is 0.364. The normalized spacial score (nSPS) is 12.1. The van der Waals surface area contributed by atoms with E-state index < -0.39 is 12.1 Å². The number of hydrogen-bond donors (Lipinski definition) is 3. The lowest BCUT2D eigenvalue weighted by Gasteiger charge is -2.07. The van der Waals surface area contributed by atoms with E-state index in [0.717, 1.165) is 5.56 Å². The summed E-state index contributed by atoms with van der Waals surface area (Å²) in [4.78, 5) is 10.9. The van der Waals surface area contributed by atoms with Gasteiger partial charge in [-0.1, -0.05) is 6.07 Å². The Balaban J connectivity index is 2.43. The quantitative estimate of drug-likeness (QED) is 0.516. The molecule has 0 fully saturated rings. The Kier molecular flexibility index (Phi) is 4.13. The van der Waals surface area contributed by atoms with Crippen LogP contribution in [0.1, 0.15) is 12.5 Å². The molecule has 0 aromatic heterocycles. The zero-order valence-corrected chi connectivity index (χ0v) is 8.88. The van der Waals surface area contributed by atoms with Gasteiger partial charge in [-0.25, -0.2) is 4.79 Å². The van der Waals surface area contributed by atoms with Crippen LogP contribution in [-0.4, -0.2) is 34.0 Å². The topological polar surface area (TPSA) is 87.0 Å². The first-order valence-electron chi connectivity index (χ1n) is 4.86. The summed E-state index contributed by atoms with van der Waals surface area (Å²) in [6, 6.07) is 4.37. The van der Waals surface area contributed by atoms with E-state index in [0.29, 0.717) is 6.42 Å². The lowest BCUT2D eigenvalue weighted by molar-refractivity contribution is -0.152. The number of ether oxygens (including phenoxy) is 1. The van der Waals surface area contributed by atoms with E-state index >= 15 is 0 Å². The van der Waals surface area contributed by atoms with E-state index in [2.05, 4.69) is 0 Å². The molecule has 0 aliphatic rings. The number of aliphatic hydroxyl groups excluding tert-OH is 1. The Morgan fingerprint density at radius 3 is 2.62 bits per heavy atom. The van der Waals surface area contributed by atoms with Gasteiger partial charge < -0.3 is 20.1 Å². The number of aromatic hydroxyl groups is 2. The molecule has 0 spiro atoms. The minimum absolute atomic E-state index is 0.119. The van der Waals surface area contributed by atoms with Gasteiger partial charge in [-0.15, -0.1) is 0 Å². The number of phenolic OH excluding ortho intramolecular Hbond substituents is 2. The van der Waals surface area contributed by atoms with Crippen molar-refractivity contribution < 1.29 is 24.9 Å². The van der Waals surface area contributed by atoms with Crippen LogP contribution in [0.5, 0.6) is 11.5 Å². The standard InChI is InChI=1S/C11H14O5/c1-7(12)11(15)16-5-4-8-2-3-9(13)10(14)6-8/h2-3,6-7,12-14H,4-5H2,1H3/t7-/m0/s1. The van der Waals surface area contributed by atoms with Gasteiger partial charge in [0.05, 0.1) is 6.61 Å². The predicted molar refractivity (Wildman–Crippen MR) is 56.1 cm³/mol. The van der Waals surface area contributed by atoms with Crippen LogP contribution in [0.3, 0.4) is 0 Å². The molecule has 0 aliphatic heterocycles. The zero-order valence-electron chi connectivity index (χ0n) is 8.88. The van der Waals surface area contributed by atoms with E-state index in [1.165, 1.54) is 19.1 Å². The van der Waals surface area contributed by atoms with E-state index in [-0.39, 0.29) is 18.1 Å². The van der Waals surface area contributed by atoms with Crippen LogP contribution < -0.4 is 0 Å². The Labute approximate surface area is 92.9 Å². The lowest BCUT2D eigenvalue weighted by atomic mass is 10.1. The number of phenols is 2. The highest BCUT2D eigenvalue weighted by atomic mass is 16.5. The van der Waals surface area contributed by atoms with Crippen molar-refractivity contribution in [2.75, 3.05) is 6.61 Å². The van der Waals surface area contributed by atoms with Crippen LogP contribution in [0.15, 0.2) is 18.2 Å². The third-order valence-electron chi connectivity index (χ3n) is 2.02. The number of carbonyl (C=O) groups is 1. The molecule has 88 valence electrons. The minimum Gasteiger partial charge on any atom is -0.504 e. The van der Waals surface area contributed by atoms with E-state index in [4.69, 9.17) is 14.9 Å². The minimum atomic E-state index is -1.13. The highest BCUT2D eigenvalue weighted by molar-refractivity contribution is 5.73. The first-order chi connectivity index (χ1) is 7.50. The molecule has 1 rings (SSSR count). The molecule has 0 unspecified atom stereocenters. The molecule has 0 aliphatic carbocycles. The summed E-state index contributed by atoms with van der Waals surface area (Å²) in [5, 5.41) is 27.1. The summed E-state index contributed by atoms with van der Waals surface area (Å²) < 4.78 is 4.74.